The molecule has 148 valence electrons. The molecule has 0 aliphatic heterocycles. The van der Waals surface area contributed by atoms with Crippen LogP contribution in [0.25, 0.3) is 22.7 Å². The van der Waals surface area contributed by atoms with Gasteiger partial charge in [-0.2, -0.15) is 4.98 Å². The van der Waals surface area contributed by atoms with Gasteiger partial charge < -0.3 is 4.57 Å². The number of nitrogens with zero attached hydrogens (tertiary/aromatic N) is 5. The molecule has 1 aliphatic rings. The molecule has 0 radical (unpaired) electrons. The summed E-state index contributed by atoms with van der Waals surface area (Å²) < 4.78 is 2.15. The van der Waals surface area contributed by atoms with Crippen LogP contribution in [0.3, 0.4) is 0 Å². The van der Waals surface area contributed by atoms with E-state index in [4.69, 9.17) is 28.2 Å². The molecule has 7 heteroatoms. The molecule has 0 aromatic carbocycles. The first-order valence-electron chi connectivity index (χ1n) is 9.98. The summed E-state index contributed by atoms with van der Waals surface area (Å²) in [6.07, 6.45) is 6.81. The van der Waals surface area contributed by atoms with E-state index in [1.165, 1.54) is 31.2 Å². The van der Waals surface area contributed by atoms with Gasteiger partial charge in [0.1, 0.15) is 11.2 Å². The number of rotatable bonds is 4. The highest BCUT2D eigenvalue weighted by Gasteiger charge is 2.24. The molecule has 0 N–H and O–H groups in total. The quantitative estimate of drug-likeness (QED) is 0.377. The Kier molecular flexibility index (Phi) is 5.57. The van der Waals surface area contributed by atoms with Crippen LogP contribution in [0.15, 0.2) is 18.3 Å². The van der Waals surface area contributed by atoms with Gasteiger partial charge in [0.2, 0.25) is 5.28 Å². The molecular formula is C21H25Cl2N5. The first-order chi connectivity index (χ1) is 13.4. The number of fused-ring (bicyclic) bond motifs is 1. The highest BCUT2D eigenvalue weighted by Crippen LogP contribution is 2.34. The van der Waals surface area contributed by atoms with Crippen molar-refractivity contribution in [2.75, 3.05) is 0 Å². The molecular weight excluding hydrogens is 393 g/mol. The lowest BCUT2D eigenvalue weighted by Crippen LogP contribution is -2.18. The van der Waals surface area contributed by atoms with Gasteiger partial charge in [-0.05, 0) is 59.9 Å². The van der Waals surface area contributed by atoms with Gasteiger partial charge in [-0.1, -0.05) is 45.2 Å². The molecule has 0 spiro atoms. The summed E-state index contributed by atoms with van der Waals surface area (Å²) in [6.45, 7) is 7.53. The lowest BCUT2D eigenvalue weighted by molar-refractivity contribution is 0.267. The Balaban J connectivity index is 1.83. The van der Waals surface area contributed by atoms with Crippen molar-refractivity contribution in [2.24, 2.45) is 11.8 Å². The Morgan fingerprint density at radius 3 is 2.57 bits per heavy atom. The Morgan fingerprint density at radius 1 is 1.11 bits per heavy atom. The van der Waals surface area contributed by atoms with Gasteiger partial charge in [0.15, 0.2) is 16.6 Å². The molecule has 1 saturated carbocycles. The van der Waals surface area contributed by atoms with Crippen molar-refractivity contribution in [1.29, 1.82) is 0 Å². The summed E-state index contributed by atoms with van der Waals surface area (Å²) in [7, 11) is 0. The molecule has 5 nitrogen and oxygen atoms in total. The first-order valence-corrected chi connectivity index (χ1v) is 10.7. The van der Waals surface area contributed by atoms with E-state index < -0.39 is 0 Å². The highest BCUT2D eigenvalue weighted by molar-refractivity contribution is 6.35. The Hall–Kier alpha value is -1.72. The van der Waals surface area contributed by atoms with Crippen LogP contribution in [-0.4, -0.2) is 24.5 Å². The Labute approximate surface area is 175 Å². The van der Waals surface area contributed by atoms with Crippen LogP contribution in [-0.2, 0) is 6.54 Å². The van der Waals surface area contributed by atoms with Crippen molar-refractivity contribution in [3.05, 3.63) is 34.3 Å². The zero-order valence-corrected chi connectivity index (χ0v) is 18.0. The molecule has 0 unspecified atom stereocenters. The molecule has 4 rings (SSSR count). The molecule has 0 amide bonds. The van der Waals surface area contributed by atoms with E-state index in [-0.39, 0.29) is 5.28 Å². The molecule has 0 saturated heterocycles. The number of imidazole rings is 1. The Bertz CT molecular complexity index is 990. The van der Waals surface area contributed by atoms with Gasteiger partial charge >= 0.3 is 0 Å². The number of hydrogen-bond donors (Lipinski definition) is 0. The molecule has 0 bridgehead atoms. The predicted octanol–water partition coefficient (Wildman–Crippen LogP) is 6.14. The molecule has 1 aliphatic carbocycles. The summed E-state index contributed by atoms with van der Waals surface area (Å²) in [5.74, 6) is 2.60. The van der Waals surface area contributed by atoms with Crippen LogP contribution in [0, 0.1) is 11.8 Å². The minimum atomic E-state index is 0.115. The van der Waals surface area contributed by atoms with Crippen LogP contribution in [0.2, 0.25) is 10.4 Å². The van der Waals surface area contributed by atoms with Crippen molar-refractivity contribution in [3.8, 4) is 11.5 Å². The summed E-state index contributed by atoms with van der Waals surface area (Å²) in [5, 5.41) is 0.460. The third kappa shape index (κ3) is 3.87. The zero-order chi connectivity index (χ0) is 19.8. The second-order valence-electron chi connectivity index (χ2n) is 8.26. The minimum absolute atomic E-state index is 0.115. The summed E-state index contributed by atoms with van der Waals surface area (Å²) in [4.78, 5) is 17.8. The molecule has 3 heterocycles. The summed E-state index contributed by atoms with van der Waals surface area (Å²) in [5.41, 5.74) is 3.34. The zero-order valence-electron chi connectivity index (χ0n) is 16.5. The Morgan fingerprint density at radius 2 is 1.86 bits per heavy atom. The maximum absolute atomic E-state index is 6.47. The van der Waals surface area contributed by atoms with E-state index in [0.29, 0.717) is 22.6 Å². The fourth-order valence-corrected chi connectivity index (χ4v) is 4.51. The molecule has 28 heavy (non-hydrogen) atoms. The van der Waals surface area contributed by atoms with Crippen molar-refractivity contribution in [3.63, 3.8) is 0 Å². The van der Waals surface area contributed by atoms with Crippen LogP contribution in [0.5, 0.6) is 0 Å². The van der Waals surface area contributed by atoms with Gasteiger partial charge in [0.25, 0.3) is 0 Å². The van der Waals surface area contributed by atoms with Gasteiger partial charge in [0, 0.05) is 12.7 Å². The smallest absolute Gasteiger partial charge is 0.225 e. The number of aromatic nitrogens is 5. The van der Waals surface area contributed by atoms with Crippen LogP contribution < -0.4 is 0 Å². The lowest BCUT2D eigenvalue weighted by atomic mass is 9.83. The topological polar surface area (TPSA) is 56.5 Å². The van der Waals surface area contributed by atoms with Crippen molar-refractivity contribution >= 4 is 34.4 Å². The number of hydrogen-bond acceptors (Lipinski definition) is 4. The molecule has 0 atom stereocenters. The van der Waals surface area contributed by atoms with Crippen molar-refractivity contribution in [1.82, 2.24) is 24.5 Å². The second kappa shape index (κ2) is 7.96. The number of pyridine rings is 1. The van der Waals surface area contributed by atoms with E-state index in [1.807, 2.05) is 12.3 Å². The van der Waals surface area contributed by atoms with Crippen molar-refractivity contribution in [2.45, 2.75) is 58.9 Å². The summed E-state index contributed by atoms with van der Waals surface area (Å²) in [6, 6.07) is 4.15. The van der Waals surface area contributed by atoms with Gasteiger partial charge in [-0.3, -0.25) is 4.98 Å². The standard InChI is InChI=1S/C21H25Cl2N5/c1-12(2)15-8-9-24-16(10-15)20-26-19-17(18(22)25-21(23)27-19)28(20)11-14-6-4-13(3)5-7-14/h8-10,12-14H,4-7,11H2,1-3H3. The highest BCUT2D eigenvalue weighted by atomic mass is 35.5. The van der Waals surface area contributed by atoms with E-state index in [2.05, 4.69) is 46.4 Å². The molecule has 3 aromatic rings. The molecule has 3 aromatic heterocycles. The van der Waals surface area contributed by atoms with E-state index in [1.54, 1.807) is 0 Å². The van der Waals surface area contributed by atoms with Crippen LogP contribution in [0.4, 0.5) is 0 Å². The van der Waals surface area contributed by atoms with Gasteiger partial charge in [-0.15, -0.1) is 0 Å². The van der Waals surface area contributed by atoms with E-state index in [9.17, 15) is 0 Å². The molecule has 1 fully saturated rings. The van der Waals surface area contributed by atoms with Gasteiger partial charge in [0.05, 0.1) is 0 Å². The number of halogens is 2. The fourth-order valence-electron chi connectivity index (χ4n) is 4.04. The predicted molar refractivity (Wildman–Crippen MR) is 114 cm³/mol. The fraction of sp³-hybridized carbons (Fsp3) is 0.524. The monoisotopic (exact) mass is 417 g/mol. The third-order valence-corrected chi connectivity index (χ3v) is 6.22. The first kappa shape index (κ1) is 19.6. The van der Waals surface area contributed by atoms with Crippen LogP contribution >= 0.6 is 23.2 Å². The van der Waals surface area contributed by atoms with E-state index in [0.717, 1.165) is 29.5 Å². The van der Waals surface area contributed by atoms with Crippen LogP contribution in [0.1, 0.15) is 57.9 Å². The maximum Gasteiger partial charge on any atom is 0.225 e. The average Bonchev–Trinajstić information content (AvgIpc) is 3.02. The van der Waals surface area contributed by atoms with Crippen molar-refractivity contribution < 1.29 is 0 Å². The summed E-state index contributed by atoms with van der Waals surface area (Å²) >= 11 is 12.5. The largest absolute Gasteiger partial charge is 0.318 e. The van der Waals surface area contributed by atoms with Gasteiger partial charge in [-0.25, -0.2) is 9.97 Å². The maximum atomic E-state index is 6.47. The third-order valence-electron chi connectivity index (χ3n) is 5.79. The minimum Gasteiger partial charge on any atom is -0.318 e. The second-order valence-corrected chi connectivity index (χ2v) is 8.95. The normalized spacial score (nSPS) is 20.2. The lowest BCUT2D eigenvalue weighted by Gasteiger charge is -2.27. The van der Waals surface area contributed by atoms with E-state index >= 15 is 0 Å². The SMILES string of the molecule is CC1CCC(Cn2c(-c3cc(C(C)C)ccn3)nc3nc(Cl)nc(Cl)c32)CC1. The average molecular weight is 418 g/mol.